The molecule has 224 valence electrons. The molecule has 2 N–H and O–H groups in total. The molecule has 3 aromatic rings. The number of aryl methyl sites for hydroxylation is 1. The van der Waals surface area contributed by atoms with Crippen molar-refractivity contribution in [3.63, 3.8) is 0 Å². The molecular weight excluding hydrogens is 562 g/mol. The van der Waals surface area contributed by atoms with E-state index in [0.29, 0.717) is 28.3 Å². The van der Waals surface area contributed by atoms with Gasteiger partial charge in [-0.2, -0.15) is 0 Å². The summed E-state index contributed by atoms with van der Waals surface area (Å²) in [5, 5.41) is 6.15. The Morgan fingerprint density at radius 1 is 1.05 bits per heavy atom. The van der Waals surface area contributed by atoms with Gasteiger partial charge in [-0.1, -0.05) is 85.1 Å². The van der Waals surface area contributed by atoms with Gasteiger partial charge in [-0.25, -0.2) is 4.79 Å². The first-order chi connectivity index (χ1) is 20.4. The quantitative estimate of drug-likeness (QED) is 0.269. The maximum Gasteiger partial charge on any atom is 0.408 e. The SMILES string of the molecule is C#Cc1ccccc1C(C(=O)Nc1c(C)cccc1Cl)N(C(=O)C(Cc1ccccc1)NC(=O)OC(C)(C)C)C1CC1C. The second kappa shape index (κ2) is 13.4. The van der Waals surface area contributed by atoms with Crippen LogP contribution in [-0.2, 0) is 20.7 Å². The van der Waals surface area contributed by atoms with E-state index in [2.05, 4.69) is 16.6 Å². The highest BCUT2D eigenvalue weighted by Crippen LogP contribution is 2.42. The third-order valence-electron chi connectivity index (χ3n) is 7.36. The van der Waals surface area contributed by atoms with Crippen LogP contribution < -0.4 is 10.6 Å². The Kier molecular flexibility index (Phi) is 9.83. The van der Waals surface area contributed by atoms with Crippen molar-refractivity contribution in [3.05, 3.63) is 100 Å². The number of nitrogens with zero attached hydrogens (tertiary/aromatic N) is 1. The standard InChI is InChI=1S/C35H38ClN3O4/c1-7-25-17-11-12-18-26(25)31(32(40)38-30-22(2)14-13-19-27(30)36)39(29-20-23(29)3)33(41)28(21-24-15-9-8-10-16-24)37-34(42)43-35(4,5)6/h1,8-19,23,28-29,31H,20-21H2,2-6H3,(H,37,42)(H,38,40). The lowest BCUT2D eigenvalue weighted by Crippen LogP contribution is -2.54. The van der Waals surface area contributed by atoms with E-state index in [9.17, 15) is 14.4 Å². The maximum atomic E-state index is 14.7. The van der Waals surface area contributed by atoms with Crippen LogP contribution in [0.15, 0.2) is 72.8 Å². The average Bonchev–Trinajstić information content (AvgIpc) is 3.68. The number of carbonyl (C=O) groups is 3. The molecule has 3 amide bonds. The fourth-order valence-electron chi connectivity index (χ4n) is 5.12. The Labute approximate surface area is 259 Å². The number of hydrogen-bond acceptors (Lipinski definition) is 4. The van der Waals surface area contributed by atoms with Crippen molar-refractivity contribution in [2.75, 3.05) is 5.32 Å². The average molecular weight is 600 g/mol. The van der Waals surface area contributed by atoms with Crippen molar-refractivity contribution in [1.29, 1.82) is 0 Å². The van der Waals surface area contributed by atoms with E-state index >= 15 is 0 Å². The molecule has 7 nitrogen and oxygen atoms in total. The zero-order valence-electron chi connectivity index (χ0n) is 25.2. The van der Waals surface area contributed by atoms with E-state index < -0.39 is 35.6 Å². The summed E-state index contributed by atoms with van der Waals surface area (Å²) in [7, 11) is 0. The van der Waals surface area contributed by atoms with Gasteiger partial charge in [0.2, 0.25) is 5.91 Å². The molecule has 4 unspecified atom stereocenters. The van der Waals surface area contributed by atoms with Gasteiger partial charge < -0.3 is 20.3 Å². The molecular formula is C35H38ClN3O4. The lowest BCUT2D eigenvalue weighted by molar-refractivity contribution is -0.141. The number of halogens is 1. The molecule has 0 bridgehead atoms. The van der Waals surface area contributed by atoms with Crippen molar-refractivity contribution in [2.24, 2.45) is 5.92 Å². The van der Waals surface area contributed by atoms with Gasteiger partial charge in [0.1, 0.15) is 17.7 Å². The summed E-state index contributed by atoms with van der Waals surface area (Å²) in [5.41, 5.74) is 2.31. The summed E-state index contributed by atoms with van der Waals surface area (Å²) >= 11 is 6.48. The van der Waals surface area contributed by atoms with Crippen LogP contribution in [0.4, 0.5) is 10.5 Å². The van der Waals surface area contributed by atoms with E-state index in [4.69, 9.17) is 22.8 Å². The third-order valence-corrected chi connectivity index (χ3v) is 7.67. The highest BCUT2D eigenvalue weighted by Gasteiger charge is 2.48. The van der Waals surface area contributed by atoms with Crippen LogP contribution in [0.3, 0.4) is 0 Å². The number of rotatable bonds is 9. The summed E-state index contributed by atoms with van der Waals surface area (Å²) in [6, 6.07) is 19.5. The number of nitrogens with one attached hydrogen (secondary N) is 2. The van der Waals surface area contributed by atoms with Crippen molar-refractivity contribution >= 4 is 35.2 Å². The topological polar surface area (TPSA) is 87.7 Å². The minimum atomic E-state index is -1.09. The summed E-state index contributed by atoms with van der Waals surface area (Å²) in [6.45, 7) is 9.14. The van der Waals surface area contributed by atoms with Crippen LogP contribution in [0.2, 0.25) is 5.02 Å². The number of alkyl carbamates (subject to hydrolysis) is 1. The largest absolute Gasteiger partial charge is 0.444 e. The lowest BCUT2D eigenvalue weighted by atomic mass is 9.96. The zero-order chi connectivity index (χ0) is 31.3. The van der Waals surface area contributed by atoms with Gasteiger partial charge in [-0.3, -0.25) is 9.59 Å². The number of para-hydroxylation sites is 1. The molecule has 1 fully saturated rings. The number of carbonyl (C=O) groups excluding carboxylic acids is 3. The molecule has 0 saturated heterocycles. The molecule has 4 atom stereocenters. The second-order valence-electron chi connectivity index (χ2n) is 12.0. The molecule has 43 heavy (non-hydrogen) atoms. The van der Waals surface area contributed by atoms with Gasteiger partial charge in [-0.15, -0.1) is 6.42 Å². The van der Waals surface area contributed by atoms with E-state index in [0.717, 1.165) is 11.1 Å². The van der Waals surface area contributed by atoms with Gasteiger partial charge in [-0.05, 0) is 68.9 Å². The number of benzene rings is 3. The van der Waals surface area contributed by atoms with Crippen molar-refractivity contribution in [2.45, 2.75) is 71.2 Å². The van der Waals surface area contributed by atoms with Gasteiger partial charge in [0.25, 0.3) is 5.91 Å². The van der Waals surface area contributed by atoms with Crippen LogP contribution in [0.1, 0.15) is 62.4 Å². The Balaban J connectivity index is 1.80. The molecule has 4 rings (SSSR count). The lowest BCUT2D eigenvalue weighted by Gasteiger charge is -2.35. The van der Waals surface area contributed by atoms with E-state index in [1.807, 2.05) is 50.2 Å². The number of anilines is 1. The van der Waals surface area contributed by atoms with Crippen LogP contribution in [-0.4, -0.2) is 40.5 Å². The normalized spacial score (nSPS) is 17.1. The van der Waals surface area contributed by atoms with Crippen molar-refractivity contribution in [1.82, 2.24) is 10.2 Å². The smallest absolute Gasteiger partial charge is 0.408 e. The molecule has 0 aliphatic heterocycles. The first-order valence-corrected chi connectivity index (χ1v) is 14.7. The first-order valence-electron chi connectivity index (χ1n) is 14.4. The van der Waals surface area contributed by atoms with Gasteiger partial charge in [0.15, 0.2) is 0 Å². The predicted molar refractivity (Wildman–Crippen MR) is 170 cm³/mol. The number of terminal acetylenes is 1. The fraction of sp³-hybridized carbons (Fsp3) is 0.343. The highest BCUT2D eigenvalue weighted by molar-refractivity contribution is 6.34. The molecule has 1 aliphatic carbocycles. The number of amides is 3. The molecule has 0 spiro atoms. The molecule has 8 heteroatoms. The zero-order valence-corrected chi connectivity index (χ0v) is 25.9. The minimum Gasteiger partial charge on any atom is -0.444 e. The van der Waals surface area contributed by atoms with Gasteiger partial charge in [0.05, 0.1) is 10.7 Å². The monoisotopic (exact) mass is 599 g/mol. The van der Waals surface area contributed by atoms with Crippen molar-refractivity contribution in [3.8, 4) is 12.3 Å². The van der Waals surface area contributed by atoms with E-state index in [1.54, 1.807) is 62.1 Å². The first kappa shape index (κ1) is 31.7. The Hall–Kier alpha value is -4.28. The number of ether oxygens (including phenoxy) is 1. The molecule has 0 heterocycles. The summed E-state index contributed by atoms with van der Waals surface area (Å²) in [5.74, 6) is 1.95. The van der Waals surface area contributed by atoms with Gasteiger partial charge in [0, 0.05) is 18.0 Å². The van der Waals surface area contributed by atoms with Gasteiger partial charge >= 0.3 is 6.09 Å². The Bertz CT molecular complexity index is 1510. The van der Waals surface area contributed by atoms with Crippen LogP contribution >= 0.6 is 11.6 Å². The molecule has 0 aromatic heterocycles. The summed E-state index contributed by atoms with van der Waals surface area (Å²) < 4.78 is 5.53. The molecule has 3 aromatic carbocycles. The number of hydrogen-bond donors (Lipinski definition) is 2. The fourth-order valence-corrected chi connectivity index (χ4v) is 5.39. The maximum absolute atomic E-state index is 14.7. The van der Waals surface area contributed by atoms with Crippen LogP contribution in [0.5, 0.6) is 0 Å². The molecule has 0 radical (unpaired) electrons. The predicted octanol–water partition coefficient (Wildman–Crippen LogP) is 6.68. The molecule has 1 saturated carbocycles. The van der Waals surface area contributed by atoms with E-state index in [-0.39, 0.29) is 18.4 Å². The third kappa shape index (κ3) is 7.97. The molecule has 1 aliphatic rings. The van der Waals surface area contributed by atoms with Crippen LogP contribution in [0, 0.1) is 25.2 Å². The van der Waals surface area contributed by atoms with Crippen molar-refractivity contribution < 1.29 is 19.1 Å². The van der Waals surface area contributed by atoms with Crippen LogP contribution in [0.25, 0.3) is 0 Å². The summed E-state index contributed by atoms with van der Waals surface area (Å²) in [4.78, 5) is 43.6. The van der Waals surface area contributed by atoms with E-state index in [1.165, 1.54) is 0 Å². The second-order valence-corrected chi connectivity index (χ2v) is 12.4. The summed E-state index contributed by atoms with van der Waals surface area (Å²) in [6.07, 6.45) is 6.07. The minimum absolute atomic E-state index is 0.137. The Morgan fingerprint density at radius 2 is 1.70 bits per heavy atom. The Morgan fingerprint density at radius 3 is 2.30 bits per heavy atom. The highest BCUT2D eigenvalue weighted by atomic mass is 35.5.